The highest BCUT2D eigenvalue weighted by atomic mass is 19.4. The van der Waals surface area contributed by atoms with Crippen molar-refractivity contribution in [3.63, 3.8) is 0 Å². The van der Waals surface area contributed by atoms with Gasteiger partial charge in [0.15, 0.2) is 5.65 Å². The van der Waals surface area contributed by atoms with Crippen molar-refractivity contribution in [2.75, 3.05) is 0 Å². The fourth-order valence-electron chi connectivity index (χ4n) is 4.03. The summed E-state index contributed by atoms with van der Waals surface area (Å²) in [4.78, 5) is 21.5. The van der Waals surface area contributed by atoms with Crippen LogP contribution in [0.4, 0.5) is 17.6 Å². The third-order valence-corrected chi connectivity index (χ3v) is 5.85. The Morgan fingerprint density at radius 3 is 2.40 bits per heavy atom. The maximum absolute atomic E-state index is 13.4. The molecule has 0 aliphatic carbocycles. The van der Waals surface area contributed by atoms with E-state index in [2.05, 4.69) is 14.7 Å². The summed E-state index contributed by atoms with van der Waals surface area (Å²) in [5.41, 5.74) is 8.37. The average molecular weight is 486 g/mol. The predicted molar refractivity (Wildman–Crippen MR) is 121 cm³/mol. The zero-order valence-electron chi connectivity index (χ0n) is 18.7. The zero-order chi connectivity index (χ0) is 25.2. The molecule has 1 unspecified atom stereocenters. The molecule has 0 spiro atoms. The molecule has 0 saturated carbocycles. The number of ether oxygens (including phenoxy) is 1. The van der Waals surface area contributed by atoms with Crippen LogP contribution in [0, 0.1) is 11.7 Å². The maximum atomic E-state index is 13.4. The summed E-state index contributed by atoms with van der Waals surface area (Å²) in [7, 11) is 0. The summed E-state index contributed by atoms with van der Waals surface area (Å²) < 4.78 is 56.5. The van der Waals surface area contributed by atoms with Gasteiger partial charge in [-0.05, 0) is 53.4 Å². The van der Waals surface area contributed by atoms with Gasteiger partial charge in [-0.15, -0.1) is 13.2 Å². The van der Waals surface area contributed by atoms with Gasteiger partial charge in [0.2, 0.25) is 5.91 Å². The molecule has 2 atom stereocenters. The number of carbonyl (C=O) groups excluding carboxylic acids is 1. The second kappa shape index (κ2) is 9.73. The normalized spacial score (nSPS) is 13.5. The van der Waals surface area contributed by atoms with Crippen LogP contribution in [0.2, 0.25) is 0 Å². The molecule has 2 aromatic heterocycles. The molecule has 0 bridgehead atoms. The van der Waals surface area contributed by atoms with Gasteiger partial charge in [0.25, 0.3) is 0 Å². The van der Waals surface area contributed by atoms with Gasteiger partial charge >= 0.3 is 6.36 Å². The minimum atomic E-state index is -4.77. The summed E-state index contributed by atoms with van der Waals surface area (Å²) in [6, 6.07) is 14.9. The average Bonchev–Trinajstić information content (AvgIpc) is 3.14. The Hall–Kier alpha value is -3.95. The monoisotopic (exact) mass is 486 g/mol. The van der Waals surface area contributed by atoms with E-state index in [-0.39, 0.29) is 30.5 Å². The van der Waals surface area contributed by atoms with Crippen LogP contribution in [0.5, 0.6) is 5.75 Å². The number of hydrogen-bond donors (Lipinski definition) is 1. The zero-order valence-corrected chi connectivity index (χ0v) is 18.7. The van der Waals surface area contributed by atoms with Crippen LogP contribution in [-0.2, 0) is 17.8 Å². The molecular formula is C25H22F4N4O2. The van der Waals surface area contributed by atoms with E-state index >= 15 is 0 Å². The van der Waals surface area contributed by atoms with Crippen LogP contribution in [0.15, 0.2) is 66.9 Å². The van der Waals surface area contributed by atoms with Gasteiger partial charge < -0.3 is 15.0 Å². The number of halogens is 4. The van der Waals surface area contributed by atoms with E-state index in [0.717, 1.165) is 5.56 Å². The van der Waals surface area contributed by atoms with E-state index in [1.54, 1.807) is 30.5 Å². The number of fused-ring (bicyclic) bond motifs is 1. The molecule has 4 aromatic rings. The quantitative estimate of drug-likeness (QED) is 0.357. The van der Waals surface area contributed by atoms with E-state index in [9.17, 15) is 22.4 Å². The summed E-state index contributed by atoms with van der Waals surface area (Å²) in [5.74, 6) is -1.63. The van der Waals surface area contributed by atoms with E-state index in [0.29, 0.717) is 22.6 Å². The van der Waals surface area contributed by atoms with E-state index in [1.165, 1.54) is 36.4 Å². The fourth-order valence-corrected chi connectivity index (χ4v) is 4.03. The third kappa shape index (κ3) is 5.76. The van der Waals surface area contributed by atoms with Crippen LogP contribution in [0.3, 0.4) is 0 Å². The molecule has 0 radical (unpaired) electrons. The topological polar surface area (TPSA) is 83.0 Å². The van der Waals surface area contributed by atoms with Crippen LogP contribution in [0.1, 0.15) is 29.8 Å². The molecule has 4 rings (SSSR count). The van der Waals surface area contributed by atoms with Gasteiger partial charge in [0, 0.05) is 12.6 Å². The summed E-state index contributed by atoms with van der Waals surface area (Å²) >= 11 is 0. The highest BCUT2D eigenvalue weighted by Crippen LogP contribution is 2.29. The van der Waals surface area contributed by atoms with E-state index in [4.69, 9.17) is 5.73 Å². The van der Waals surface area contributed by atoms with Crippen molar-refractivity contribution >= 4 is 17.1 Å². The number of aromatic nitrogens is 3. The molecule has 0 fully saturated rings. The predicted octanol–water partition coefficient (Wildman–Crippen LogP) is 4.97. The molecule has 0 aliphatic rings. The van der Waals surface area contributed by atoms with Crippen LogP contribution < -0.4 is 10.5 Å². The lowest BCUT2D eigenvalue weighted by atomic mass is 9.84. The number of carbonyl (C=O) groups is 1. The Balaban J connectivity index is 1.65. The number of nitrogens with zero attached hydrogens (tertiary/aromatic N) is 3. The Kier molecular flexibility index (Phi) is 6.72. The molecule has 2 N–H and O–H groups in total. The van der Waals surface area contributed by atoms with Crippen molar-refractivity contribution in [1.29, 1.82) is 0 Å². The molecular weight excluding hydrogens is 464 g/mol. The second-order valence-electron chi connectivity index (χ2n) is 8.21. The molecule has 10 heteroatoms. The molecule has 6 nitrogen and oxygen atoms in total. The van der Waals surface area contributed by atoms with Crippen molar-refractivity contribution < 1.29 is 27.1 Å². The number of nitrogens with two attached hydrogens (primary N) is 1. The van der Waals surface area contributed by atoms with Crippen molar-refractivity contribution in [3.05, 3.63) is 89.6 Å². The number of primary amides is 1. The van der Waals surface area contributed by atoms with Crippen LogP contribution >= 0.6 is 0 Å². The number of alkyl halides is 3. The highest BCUT2D eigenvalue weighted by molar-refractivity contribution is 5.78. The lowest BCUT2D eigenvalue weighted by Crippen LogP contribution is -2.30. The Morgan fingerprint density at radius 1 is 1.09 bits per heavy atom. The first-order chi connectivity index (χ1) is 16.6. The molecule has 0 aliphatic heterocycles. The third-order valence-electron chi connectivity index (χ3n) is 5.85. The van der Waals surface area contributed by atoms with E-state index < -0.39 is 18.2 Å². The first kappa shape index (κ1) is 24.2. The number of rotatable bonds is 8. The Morgan fingerprint density at radius 2 is 1.77 bits per heavy atom. The largest absolute Gasteiger partial charge is 0.573 e. The molecule has 35 heavy (non-hydrogen) atoms. The van der Waals surface area contributed by atoms with Gasteiger partial charge in [0.1, 0.15) is 22.9 Å². The van der Waals surface area contributed by atoms with Crippen molar-refractivity contribution in [1.82, 2.24) is 14.5 Å². The molecule has 182 valence electrons. The Labute approximate surface area is 198 Å². The smallest absolute Gasteiger partial charge is 0.406 e. The molecule has 2 heterocycles. The van der Waals surface area contributed by atoms with Gasteiger partial charge in [-0.3, -0.25) is 4.79 Å². The van der Waals surface area contributed by atoms with Gasteiger partial charge in [-0.1, -0.05) is 31.2 Å². The number of pyridine rings is 1. The maximum Gasteiger partial charge on any atom is 0.573 e. The van der Waals surface area contributed by atoms with Gasteiger partial charge in [-0.25, -0.2) is 14.4 Å². The standard InChI is InChI=1S/C25H22F4N4O2/c1-15(17-6-8-18(26)9-7-17)20(23(30)34)13-22-32-21-3-2-12-31-24(21)33(22)14-16-4-10-19(11-5-16)35-25(27,28)29/h2-12,15,20H,13-14H2,1H3,(H2,30,34)/t15-,20?/m1/s1. The summed E-state index contributed by atoms with van der Waals surface area (Å²) in [6.45, 7) is 2.10. The van der Waals surface area contributed by atoms with Crippen LogP contribution in [0.25, 0.3) is 11.2 Å². The van der Waals surface area contributed by atoms with Gasteiger partial charge in [0.05, 0.1) is 12.5 Å². The fraction of sp³-hybridized carbons (Fsp3) is 0.240. The van der Waals surface area contributed by atoms with Crippen molar-refractivity contribution in [2.24, 2.45) is 11.7 Å². The number of amides is 1. The number of imidazole rings is 1. The minimum Gasteiger partial charge on any atom is -0.406 e. The molecule has 0 saturated heterocycles. The molecule has 2 aromatic carbocycles. The SMILES string of the molecule is C[C@H](c1ccc(F)cc1)C(Cc1nc2cccnc2n1Cc1ccc(OC(F)(F)F)cc1)C(N)=O. The van der Waals surface area contributed by atoms with Crippen LogP contribution in [-0.4, -0.2) is 26.8 Å². The van der Waals surface area contributed by atoms with E-state index in [1.807, 2.05) is 11.5 Å². The Bertz CT molecular complexity index is 1320. The van der Waals surface area contributed by atoms with Gasteiger partial charge in [-0.2, -0.15) is 0 Å². The second-order valence-corrected chi connectivity index (χ2v) is 8.21. The van der Waals surface area contributed by atoms with Crippen molar-refractivity contribution in [2.45, 2.75) is 32.2 Å². The number of hydrogen-bond acceptors (Lipinski definition) is 4. The highest BCUT2D eigenvalue weighted by Gasteiger charge is 2.31. The van der Waals surface area contributed by atoms with Crippen molar-refractivity contribution in [3.8, 4) is 5.75 Å². The lowest BCUT2D eigenvalue weighted by Gasteiger charge is -2.22. The lowest BCUT2D eigenvalue weighted by molar-refractivity contribution is -0.274. The number of benzene rings is 2. The minimum absolute atomic E-state index is 0.194. The summed E-state index contributed by atoms with van der Waals surface area (Å²) in [5, 5.41) is 0. The molecule has 1 amide bonds. The first-order valence-electron chi connectivity index (χ1n) is 10.8. The first-order valence-corrected chi connectivity index (χ1v) is 10.8. The summed E-state index contributed by atoms with van der Waals surface area (Å²) in [6.07, 6.45) is -2.97.